The first-order valence-corrected chi connectivity index (χ1v) is 11.7. The molecule has 1 aliphatic heterocycles. The normalized spacial score (nSPS) is 14.8. The van der Waals surface area contributed by atoms with Gasteiger partial charge in [0.1, 0.15) is 5.75 Å². The SMILES string of the molecule is COc1ccc(S(=O)(=O)NCCc2cccc3ccccc23)cc1N1CCNCC1. The smallest absolute Gasteiger partial charge is 0.240 e. The number of sulfonamides is 1. The molecule has 3 aromatic rings. The second kappa shape index (κ2) is 9.04. The summed E-state index contributed by atoms with van der Waals surface area (Å²) in [6.07, 6.45) is 0.626. The summed E-state index contributed by atoms with van der Waals surface area (Å²) in [5.74, 6) is 0.687. The fraction of sp³-hybridized carbons (Fsp3) is 0.304. The lowest BCUT2D eigenvalue weighted by atomic mass is 10.0. The summed E-state index contributed by atoms with van der Waals surface area (Å²) in [6, 6.07) is 19.3. The Morgan fingerprint density at radius 1 is 1.03 bits per heavy atom. The average Bonchev–Trinajstić information content (AvgIpc) is 2.79. The van der Waals surface area contributed by atoms with Gasteiger partial charge in [-0.25, -0.2) is 13.1 Å². The lowest BCUT2D eigenvalue weighted by molar-refractivity contribution is 0.412. The molecule has 30 heavy (non-hydrogen) atoms. The molecule has 7 heteroatoms. The number of hydrogen-bond donors (Lipinski definition) is 2. The van der Waals surface area contributed by atoms with Crippen molar-refractivity contribution in [3.8, 4) is 5.75 Å². The van der Waals surface area contributed by atoms with E-state index in [9.17, 15) is 8.42 Å². The van der Waals surface area contributed by atoms with Gasteiger partial charge >= 0.3 is 0 Å². The highest BCUT2D eigenvalue weighted by atomic mass is 32.2. The van der Waals surface area contributed by atoms with Crippen molar-refractivity contribution in [3.05, 3.63) is 66.2 Å². The van der Waals surface area contributed by atoms with Crippen LogP contribution in [0.5, 0.6) is 5.75 Å². The van der Waals surface area contributed by atoms with Crippen molar-refractivity contribution >= 4 is 26.5 Å². The van der Waals surface area contributed by atoms with E-state index in [1.54, 1.807) is 25.3 Å². The minimum Gasteiger partial charge on any atom is -0.495 e. The maximum atomic E-state index is 12.9. The van der Waals surface area contributed by atoms with E-state index in [-0.39, 0.29) is 4.90 Å². The molecule has 1 saturated heterocycles. The molecule has 1 aliphatic rings. The molecule has 0 amide bonds. The Morgan fingerprint density at radius 3 is 2.60 bits per heavy atom. The Bertz CT molecular complexity index is 1120. The predicted octanol–water partition coefficient (Wildman–Crippen LogP) is 2.78. The number of benzene rings is 3. The van der Waals surface area contributed by atoms with Crippen LogP contribution < -0.4 is 19.7 Å². The van der Waals surface area contributed by atoms with Crippen LogP contribution >= 0.6 is 0 Å². The highest BCUT2D eigenvalue weighted by Gasteiger charge is 2.20. The fourth-order valence-corrected chi connectivity index (χ4v) is 4.96. The quantitative estimate of drug-likeness (QED) is 0.609. The van der Waals surface area contributed by atoms with Gasteiger partial charge in [-0.3, -0.25) is 0 Å². The molecule has 4 rings (SSSR count). The molecule has 0 atom stereocenters. The van der Waals surface area contributed by atoms with Gasteiger partial charge in [-0.05, 0) is 41.0 Å². The molecule has 0 aromatic heterocycles. The van der Waals surface area contributed by atoms with Crippen molar-refractivity contribution in [2.45, 2.75) is 11.3 Å². The van der Waals surface area contributed by atoms with Crippen molar-refractivity contribution in [3.63, 3.8) is 0 Å². The third kappa shape index (κ3) is 4.43. The molecule has 0 bridgehead atoms. The van der Waals surface area contributed by atoms with Crippen LogP contribution in [0.2, 0.25) is 0 Å². The molecule has 1 heterocycles. The van der Waals surface area contributed by atoms with Crippen LogP contribution in [0.1, 0.15) is 5.56 Å². The van der Waals surface area contributed by atoms with E-state index >= 15 is 0 Å². The maximum absolute atomic E-state index is 12.9. The van der Waals surface area contributed by atoms with Crippen molar-refractivity contribution in [2.24, 2.45) is 0 Å². The topological polar surface area (TPSA) is 70.7 Å². The van der Waals surface area contributed by atoms with Crippen LogP contribution in [0.4, 0.5) is 5.69 Å². The van der Waals surface area contributed by atoms with E-state index in [4.69, 9.17) is 4.74 Å². The molecular weight excluding hydrogens is 398 g/mol. The second-order valence-electron chi connectivity index (χ2n) is 7.36. The molecule has 158 valence electrons. The molecule has 0 unspecified atom stereocenters. The first-order valence-electron chi connectivity index (χ1n) is 10.2. The van der Waals surface area contributed by atoms with Crippen molar-refractivity contribution in [2.75, 3.05) is 44.7 Å². The largest absolute Gasteiger partial charge is 0.495 e. The van der Waals surface area contributed by atoms with Gasteiger partial charge in [0, 0.05) is 32.7 Å². The number of hydrogen-bond acceptors (Lipinski definition) is 5. The number of anilines is 1. The Hall–Kier alpha value is -2.61. The van der Waals surface area contributed by atoms with Crippen molar-refractivity contribution in [1.29, 1.82) is 0 Å². The first-order chi connectivity index (χ1) is 14.6. The van der Waals surface area contributed by atoms with E-state index in [1.807, 2.05) is 24.3 Å². The summed E-state index contributed by atoms with van der Waals surface area (Å²) in [6.45, 7) is 3.70. The molecule has 0 spiro atoms. The summed E-state index contributed by atoms with van der Waals surface area (Å²) in [4.78, 5) is 2.42. The highest BCUT2D eigenvalue weighted by Crippen LogP contribution is 2.31. The van der Waals surface area contributed by atoms with Crippen molar-refractivity contribution in [1.82, 2.24) is 10.0 Å². The standard InChI is InChI=1S/C23H27N3O3S/c1-29-23-10-9-20(17-22(23)26-15-13-24-14-16-26)30(27,28)25-12-11-19-7-4-6-18-5-2-3-8-21(18)19/h2-10,17,24-25H,11-16H2,1H3. The third-order valence-corrected chi connectivity index (χ3v) is 6.94. The lowest BCUT2D eigenvalue weighted by Crippen LogP contribution is -2.43. The number of methoxy groups -OCH3 is 1. The van der Waals surface area contributed by atoms with Gasteiger partial charge in [0.05, 0.1) is 17.7 Å². The number of piperazine rings is 1. The van der Waals surface area contributed by atoms with Gasteiger partial charge in [-0.15, -0.1) is 0 Å². The Morgan fingerprint density at radius 2 is 1.80 bits per heavy atom. The zero-order chi connectivity index (χ0) is 21.0. The van der Waals surface area contributed by atoms with Gasteiger partial charge < -0.3 is 15.0 Å². The fourth-order valence-electron chi connectivity index (χ4n) is 3.90. The second-order valence-corrected chi connectivity index (χ2v) is 9.12. The van der Waals surface area contributed by atoms with E-state index in [1.165, 1.54) is 0 Å². The molecule has 0 aliphatic carbocycles. The Balaban J connectivity index is 1.50. The van der Waals surface area contributed by atoms with Crippen LogP contribution in [0.25, 0.3) is 10.8 Å². The molecular formula is C23H27N3O3S. The molecule has 6 nitrogen and oxygen atoms in total. The average molecular weight is 426 g/mol. The number of fused-ring (bicyclic) bond motifs is 1. The van der Waals surface area contributed by atoms with Crippen LogP contribution in [-0.2, 0) is 16.4 Å². The van der Waals surface area contributed by atoms with Crippen LogP contribution in [0.3, 0.4) is 0 Å². The summed E-state index contributed by atoms with van der Waals surface area (Å²) in [7, 11) is -2.01. The third-order valence-electron chi connectivity index (χ3n) is 5.48. The summed E-state index contributed by atoms with van der Waals surface area (Å²) < 4.78 is 34.1. The summed E-state index contributed by atoms with van der Waals surface area (Å²) >= 11 is 0. The van der Waals surface area contributed by atoms with Gasteiger partial charge in [0.2, 0.25) is 10.0 Å². The number of rotatable bonds is 7. The van der Waals surface area contributed by atoms with Crippen LogP contribution in [0, 0.1) is 0 Å². The molecule has 0 radical (unpaired) electrons. The van der Waals surface area contributed by atoms with E-state index in [0.29, 0.717) is 18.7 Å². The first kappa shape index (κ1) is 20.7. The molecule has 2 N–H and O–H groups in total. The van der Waals surface area contributed by atoms with Gasteiger partial charge in [-0.1, -0.05) is 42.5 Å². The Labute approximate surface area is 177 Å². The monoisotopic (exact) mass is 425 g/mol. The Kier molecular flexibility index (Phi) is 6.22. The molecule has 0 saturated carbocycles. The maximum Gasteiger partial charge on any atom is 0.240 e. The van der Waals surface area contributed by atoms with Crippen molar-refractivity contribution < 1.29 is 13.2 Å². The van der Waals surface area contributed by atoms with Gasteiger partial charge in [0.15, 0.2) is 0 Å². The van der Waals surface area contributed by atoms with E-state index < -0.39 is 10.0 Å². The number of ether oxygens (including phenoxy) is 1. The summed E-state index contributed by atoms with van der Waals surface area (Å²) in [5, 5.41) is 5.63. The van der Waals surface area contributed by atoms with Crippen LogP contribution in [-0.4, -0.2) is 48.3 Å². The van der Waals surface area contributed by atoms with E-state index in [2.05, 4.69) is 33.1 Å². The minimum atomic E-state index is -3.62. The highest BCUT2D eigenvalue weighted by molar-refractivity contribution is 7.89. The lowest BCUT2D eigenvalue weighted by Gasteiger charge is -2.30. The molecule has 3 aromatic carbocycles. The summed E-state index contributed by atoms with van der Waals surface area (Å²) in [5.41, 5.74) is 1.95. The molecule has 1 fully saturated rings. The minimum absolute atomic E-state index is 0.259. The van der Waals surface area contributed by atoms with E-state index in [0.717, 1.165) is 48.2 Å². The number of nitrogens with one attached hydrogen (secondary N) is 2. The van der Waals surface area contributed by atoms with Crippen LogP contribution in [0.15, 0.2) is 65.6 Å². The number of nitrogens with zero attached hydrogens (tertiary/aromatic N) is 1. The van der Waals surface area contributed by atoms with Gasteiger partial charge in [-0.2, -0.15) is 0 Å². The predicted molar refractivity (Wildman–Crippen MR) is 121 cm³/mol. The van der Waals surface area contributed by atoms with Gasteiger partial charge in [0.25, 0.3) is 0 Å². The zero-order valence-electron chi connectivity index (χ0n) is 17.1. The zero-order valence-corrected chi connectivity index (χ0v) is 17.9.